The second kappa shape index (κ2) is 3.18. The summed E-state index contributed by atoms with van der Waals surface area (Å²) in [6, 6.07) is 0. The number of hydrogen-bond donors (Lipinski definition) is 2. The van der Waals surface area contributed by atoms with E-state index < -0.39 is 0 Å². The number of aliphatic hydroxyl groups is 1. The Morgan fingerprint density at radius 2 is 2.33 bits per heavy atom. The summed E-state index contributed by atoms with van der Waals surface area (Å²) in [6.45, 7) is 4.14. The molecule has 1 rings (SSSR count). The van der Waals surface area contributed by atoms with E-state index >= 15 is 0 Å². The van der Waals surface area contributed by atoms with E-state index in [1.165, 1.54) is 0 Å². The lowest BCUT2D eigenvalue weighted by atomic mass is 9.93. The zero-order chi connectivity index (χ0) is 6.69. The van der Waals surface area contributed by atoms with Crippen molar-refractivity contribution in [3.05, 3.63) is 0 Å². The first kappa shape index (κ1) is 7.03. The predicted molar refractivity (Wildman–Crippen MR) is 37.3 cm³/mol. The molecule has 2 nitrogen and oxygen atoms in total. The van der Waals surface area contributed by atoms with Gasteiger partial charge in [-0.05, 0) is 6.42 Å². The summed E-state index contributed by atoms with van der Waals surface area (Å²) in [5.74, 6) is 0.546. The molecule has 0 aromatic rings. The van der Waals surface area contributed by atoms with Gasteiger partial charge in [0.05, 0.1) is 6.10 Å². The Balaban J connectivity index is 2.08. The molecule has 0 bridgehead atoms. The molecule has 0 amide bonds. The van der Waals surface area contributed by atoms with Crippen molar-refractivity contribution >= 4 is 0 Å². The summed E-state index contributed by atoms with van der Waals surface area (Å²) >= 11 is 0. The average Bonchev–Trinajstić information content (AvgIpc) is 1.60. The van der Waals surface area contributed by atoms with Crippen LogP contribution in [0.25, 0.3) is 0 Å². The molecular formula is C7H15NO. The highest BCUT2D eigenvalue weighted by Gasteiger charge is 2.23. The number of hydrogen-bond acceptors (Lipinski definition) is 2. The van der Waals surface area contributed by atoms with E-state index in [9.17, 15) is 5.11 Å². The van der Waals surface area contributed by atoms with Gasteiger partial charge < -0.3 is 10.4 Å². The van der Waals surface area contributed by atoms with Gasteiger partial charge in [0.1, 0.15) is 0 Å². The highest BCUT2D eigenvalue weighted by Crippen LogP contribution is 2.12. The molecule has 2 heteroatoms. The molecule has 1 atom stereocenters. The Morgan fingerprint density at radius 3 is 2.67 bits per heavy atom. The molecule has 0 aromatic heterocycles. The van der Waals surface area contributed by atoms with Crippen LogP contribution in [0.15, 0.2) is 0 Å². The SMILES string of the molecule is CCCC(O)C1CNC1. The smallest absolute Gasteiger partial charge is 0.0592 e. The molecule has 0 spiro atoms. The fourth-order valence-electron chi connectivity index (χ4n) is 1.11. The first-order chi connectivity index (χ1) is 4.34. The minimum absolute atomic E-state index is 0.0451. The molecule has 1 fully saturated rings. The quantitative estimate of drug-likeness (QED) is 0.577. The van der Waals surface area contributed by atoms with Gasteiger partial charge >= 0.3 is 0 Å². The predicted octanol–water partition coefficient (Wildman–Crippen LogP) is 0.367. The topological polar surface area (TPSA) is 32.3 Å². The van der Waals surface area contributed by atoms with Crippen molar-refractivity contribution < 1.29 is 5.11 Å². The van der Waals surface area contributed by atoms with Gasteiger partial charge in [-0.2, -0.15) is 0 Å². The summed E-state index contributed by atoms with van der Waals surface area (Å²) in [4.78, 5) is 0. The molecule has 0 radical (unpaired) electrons. The average molecular weight is 129 g/mol. The summed E-state index contributed by atoms with van der Waals surface area (Å²) in [7, 11) is 0. The van der Waals surface area contributed by atoms with Gasteiger partial charge in [0, 0.05) is 19.0 Å². The van der Waals surface area contributed by atoms with Crippen LogP contribution in [0.1, 0.15) is 19.8 Å². The first-order valence-electron chi connectivity index (χ1n) is 3.73. The summed E-state index contributed by atoms with van der Waals surface area (Å²) < 4.78 is 0. The lowest BCUT2D eigenvalue weighted by molar-refractivity contribution is 0.0690. The van der Waals surface area contributed by atoms with Gasteiger partial charge in [-0.1, -0.05) is 13.3 Å². The van der Waals surface area contributed by atoms with Crippen molar-refractivity contribution in [3.63, 3.8) is 0 Å². The van der Waals surface area contributed by atoms with Crippen LogP contribution >= 0.6 is 0 Å². The van der Waals surface area contributed by atoms with Crippen LogP contribution in [0.3, 0.4) is 0 Å². The maximum Gasteiger partial charge on any atom is 0.0592 e. The second-order valence-electron chi connectivity index (χ2n) is 2.77. The molecule has 0 aliphatic carbocycles. The van der Waals surface area contributed by atoms with E-state index in [0.29, 0.717) is 5.92 Å². The molecule has 54 valence electrons. The van der Waals surface area contributed by atoms with E-state index in [-0.39, 0.29) is 6.10 Å². The standard InChI is InChI=1S/C7H15NO/c1-2-3-7(9)6-4-8-5-6/h6-9H,2-5H2,1H3. The highest BCUT2D eigenvalue weighted by molar-refractivity contribution is 4.80. The minimum atomic E-state index is -0.0451. The van der Waals surface area contributed by atoms with E-state index in [2.05, 4.69) is 12.2 Å². The van der Waals surface area contributed by atoms with Crippen LogP contribution < -0.4 is 5.32 Å². The van der Waals surface area contributed by atoms with Crippen molar-refractivity contribution in [2.24, 2.45) is 5.92 Å². The Labute approximate surface area is 56.3 Å². The lowest BCUT2D eigenvalue weighted by Crippen LogP contribution is -2.48. The van der Waals surface area contributed by atoms with Gasteiger partial charge in [-0.3, -0.25) is 0 Å². The Hall–Kier alpha value is -0.0800. The van der Waals surface area contributed by atoms with Crippen LogP contribution in [0.4, 0.5) is 0 Å². The molecule has 1 saturated heterocycles. The zero-order valence-corrected chi connectivity index (χ0v) is 5.93. The van der Waals surface area contributed by atoms with Gasteiger partial charge in [-0.15, -0.1) is 0 Å². The third kappa shape index (κ3) is 1.66. The van der Waals surface area contributed by atoms with Crippen molar-refractivity contribution in [3.8, 4) is 0 Å². The zero-order valence-electron chi connectivity index (χ0n) is 5.93. The van der Waals surface area contributed by atoms with Crippen molar-refractivity contribution in [1.82, 2.24) is 5.32 Å². The summed E-state index contributed by atoms with van der Waals surface area (Å²) in [5, 5.41) is 12.5. The number of aliphatic hydroxyl groups excluding tert-OH is 1. The minimum Gasteiger partial charge on any atom is -0.393 e. The van der Waals surface area contributed by atoms with Gasteiger partial charge in [0.25, 0.3) is 0 Å². The molecule has 0 saturated carbocycles. The normalized spacial score (nSPS) is 23.3. The Bertz CT molecular complexity index is 81.0. The molecule has 9 heavy (non-hydrogen) atoms. The summed E-state index contributed by atoms with van der Waals surface area (Å²) in [6.07, 6.45) is 2.01. The number of nitrogens with one attached hydrogen (secondary N) is 1. The fourth-order valence-corrected chi connectivity index (χ4v) is 1.11. The number of rotatable bonds is 3. The molecular weight excluding hydrogens is 114 g/mol. The summed E-state index contributed by atoms with van der Waals surface area (Å²) in [5.41, 5.74) is 0. The first-order valence-corrected chi connectivity index (χ1v) is 3.73. The van der Waals surface area contributed by atoms with Crippen molar-refractivity contribution in [1.29, 1.82) is 0 Å². The largest absolute Gasteiger partial charge is 0.393 e. The maximum absolute atomic E-state index is 9.33. The fraction of sp³-hybridized carbons (Fsp3) is 1.00. The third-order valence-electron chi connectivity index (χ3n) is 1.94. The molecule has 1 heterocycles. The van der Waals surface area contributed by atoms with Gasteiger partial charge in [0.2, 0.25) is 0 Å². The highest BCUT2D eigenvalue weighted by atomic mass is 16.3. The Kier molecular flexibility index (Phi) is 2.49. The second-order valence-corrected chi connectivity index (χ2v) is 2.77. The molecule has 1 aliphatic rings. The van der Waals surface area contributed by atoms with E-state index in [4.69, 9.17) is 0 Å². The van der Waals surface area contributed by atoms with Crippen LogP contribution in [0.5, 0.6) is 0 Å². The van der Waals surface area contributed by atoms with Gasteiger partial charge in [0.15, 0.2) is 0 Å². The van der Waals surface area contributed by atoms with Crippen molar-refractivity contribution in [2.45, 2.75) is 25.9 Å². The molecule has 2 N–H and O–H groups in total. The monoisotopic (exact) mass is 129 g/mol. The molecule has 1 aliphatic heterocycles. The Morgan fingerprint density at radius 1 is 1.67 bits per heavy atom. The lowest BCUT2D eigenvalue weighted by Gasteiger charge is -2.31. The maximum atomic E-state index is 9.33. The van der Waals surface area contributed by atoms with Crippen LogP contribution in [0, 0.1) is 5.92 Å². The van der Waals surface area contributed by atoms with Gasteiger partial charge in [-0.25, -0.2) is 0 Å². The van der Waals surface area contributed by atoms with Crippen molar-refractivity contribution in [2.75, 3.05) is 13.1 Å². The van der Waals surface area contributed by atoms with Crippen LogP contribution in [0.2, 0.25) is 0 Å². The molecule has 1 unspecified atom stereocenters. The van der Waals surface area contributed by atoms with E-state index in [0.717, 1.165) is 25.9 Å². The van der Waals surface area contributed by atoms with E-state index in [1.54, 1.807) is 0 Å². The molecule has 0 aromatic carbocycles. The van der Waals surface area contributed by atoms with Crippen LogP contribution in [-0.2, 0) is 0 Å². The third-order valence-corrected chi connectivity index (χ3v) is 1.94. The van der Waals surface area contributed by atoms with Crippen LogP contribution in [-0.4, -0.2) is 24.3 Å². The van der Waals surface area contributed by atoms with E-state index in [1.807, 2.05) is 0 Å².